The molecule has 13 heteroatoms. The Morgan fingerprint density at radius 1 is 1.02 bits per heavy atom. The van der Waals surface area contributed by atoms with Gasteiger partial charge in [0.1, 0.15) is 12.3 Å². The molecular weight excluding hydrogens is 577 g/mol. The average molecular weight is 607 g/mol. The van der Waals surface area contributed by atoms with Crippen molar-refractivity contribution in [1.29, 1.82) is 0 Å². The van der Waals surface area contributed by atoms with Gasteiger partial charge >= 0.3 is 0 Å². The molecule has 0 fully saturated rings. The fraction of sp³-hybridized carbons (Fsp3) is 0.222. The number of H-pyrrole nitrogens is 1. The number of nitrogens with zero attached hydrogens (tertiary/aromatic N) is 4. The molecule has 212 valence electrons. The van der Waals surface area contributed by atoms with E-state index in [1.807, 2.05) is 14.1 Å². The van der Waals surface area contributed by atoms with Crippen LogP contribution in [0.2, 0.25) is 5.02 Å². The number of ether oxygens (including phenoxy) is 1. The van der Waals surface area contributed by atoms with E-state index in [9.17, 15) is 18.3 Å². The van der Waals surface area contributed by atoms with E-state index in [1.54, 1.807) is 36.4 Å². The highest BCUT2D eigenvalue weighted by Gasteiger charge is 2.27. The van der Waals surface area contributed by atoms with Crippen molar-refractivity contribution in [3.63, 3.8) is 0 Å². The number of para-hydroxylation sites is 1. The van der Waals surface area contributed by atoms with Crippen LogP contribution in [-0.2, 0) is 14.8 Å². The van der Waals surface area contributed by atoms with Gasteiger partial charge in [-0.15, -0.1) is 22.6 Å². The zero-order chi connectivity index (χ0) is 28.0. The molecule has 2 N–H and O–H groups in total. The maximum atomic E-state index is 13.6. The Hall–Kier alpha value is -3.64. The number of hydrogen-bond donors (Lipinski definition) is 2. The summed E-state index contributed by atoms with van der Waals surface area (Å²) >= 11 is 6.00. The van der Waals surface area contributed by atoms with E-state index in [0.29, 0.717) is 28.3 Å². The maximum absolute atomic E-state index is 13.6. The molecule has 40 heavy (non-hydrogen) atoms. The van der Waals surface area contributed by atoms with Crippen molar-refractivity contribution < 1.29 is 23.1 Å². The number of rotatable bonds is 11. The molecule has 0 unspecified atom stereocenters. The molecule has 0 saturated carbocycles. The monoisotopic (exact) mass is 605 g/mol. The highest BCUT2D eigenvalue weighted by Crippen LogP contribution is 2.35. The summed E-state index contributed by atoms with van der Waals surface area (Å²) in [6.45, 7) is 0.736. The highest BCUT2D eigenvalue weighted by molar-refractivity contribution is 7.92. The second kappa shape index (κ2) is 13.6. The summed E-state index contributed by atoms with van der Waals surface area (Å²) in [4.78, 5) is 17.6. The largest absolute Gasteiger partial charge is 0.494 e. The number of aromatic amines is 1. The van der Waals surface area contributed by atoms with E-state index in [4.69, 9.17) is 16.3 Å². The molecular formula is C27H29Cl2N5O5S. The van der Waals surface area contributed by atoms with Crippen molar-refractivity contribution in [2.75, 3.05) is 38.1 Å². The first-order valence-electron chi connectivity index (χ1n) is 12.1. The third-order valence-electron chi connectivity index (χ3n) is 5.74. The molecule has 0 saturated heterocycles. The van der Waals surface area contributed by atoms with E-state index in [0.717, 1.165) is 17.3 Å². The van der Waals surface area contributed by atoms with Crippen molar-refractivity contribution in [2.45, 2.75) is 11.3 Å². The third-order valence-corrected chi connectivity index (χ3v) is 7.78. The lowest BCUT2D eigenvalue weighted by molar-refractivity contribution is -0.116. The molecule has 0 aliphatic carbocycles. The Labute approximate surface area is 243 Å². The quantitative estimate of drug-likeness (QED) is 0.165. The SMILES string of the molecule is CN(C)CCCOc1ccc(S(=O)(=O)N(CC(=O)N=Nc2c(O)[nH]c3ccccc23)c2ccc(Cl)cc2)cc1.Cl. The lowest BCUT2D eigenvalue weighted by atomic mass is 10.2. The Morgan fingerprint density at radius 2 is 1.70 bits per heavy atom. The van der Waals surface area contributed by atoms with Gasteiger partial charge in [0.25, 0.3) is 15.9 Å². The highest BCUT2D eigenvalue weighted by atomic mass is 35.5. The van der Waals surface area contributed by atoms with Crippen LogP contribution in [0.5, 0.6) is 11.6 Å². The van der Waals surface area contributed by atoms with E-state index in [2.05, 4.69) is 20.1 Å². The Balaban J connectivity index is 0.00000441. The molecule has 0 aliphatic rings. The van der Waals surface area contributed by atoms with Crippen molar-refractivity contribution in [1.82, 2.24) is 9.88 Å². The second-order valence-electron chi connectivity index (χ2n) is 8.93. The van der Waals surface area contributed by atoms with Crippen molar-refractivity contribution >= 4 is 62.2 Å². The Kier molecular flexibility index (Phi) is 10.5. The normalized spacial score (nSPS) is 11.6. The lowest BCUT2D eigenvalue weighted by Gasteiger charge is -2.23. The van der Waals surface area contributed by atoms with E-state index < -0.39 is 22.5 Å². The van der Waals surface area contributed by atoms with Gasteiger partial charge in [-0.2, -0.15) is 0 Å². The van der Waals surface area contributed by atoms with Gasteiger partial charge < -0.3 is 19.7 Å². The number of anilines is 1. The molecule has 3 aromatic carbocycles. The minimum atomic E-state index is -4.18. The molecule has 0 aliphatic heterocycles. The first kappa shape index (κ1) is 30.9. The minimum Gasteiger partial charge on any atom is -0.494 e. The van der Waals surface area contributed by atoms with Gasteiger partial charge in [-0.3, -0.25) is 9.10 Å². The number of amides is 1. The van der Waals surface area contributed by atoms with Crippen molar-refractivity contribution in [3.8, 4) is 11.6 Å². The second-order valence-corrected chi connectivity index (χ2v) is 11.2. The van der Waals surface area contributed by atoms with Crippen LogP contribution in [0.15, 0.2) is 87.9 Å². The standard InChI is InChI=1S/C27H28ClN5O5S.ClH/c1-32(2)16-5-17-38-21-12-14-22(15-13-21)39(36,37)33(20-10-8-19(28)9-11-20)18-25(34)30-31-26-23-6-3-4-7-24(23)29-27(26)35;/h3-4,6-15,29,35H,5,16-18H2,1-2H3;1H. The van der Waals surface area contributed by atoms with Gasteiger partial charge in [0.15, 0.2) is 5.69 Å². The fourth-order valence-electron chi connectivity index (χ4n) is 3.80. The predicted octanol–water partition coefficient (Wildman–Crippen LogP) is 5.79. The van der Waals surface area contributed by atoms with E-state index in [1.165, 1.54) is 36.4 Å². The summed E-state index contributed by atoms with van der Waals surface area (Å²) in [5, 5.41) is 18.7. The predicted molar refractivity (Wildman–Crippen MR) is 158 cm³/mol. The first-order chi connectivity index (χ1) is 18.6. The molecule has 10 nitrogen and oxygen atoms in total. The Bertz CT molecular complexity index is 1570. The summed E-state index contributed by atoms with van der Waals surface area (Å²) in [6, 6.07) is 19.0. The number of halogens is 2. The Morgan fingerprint density at radius 3 is 2.38 bits per heavy atom. The number of hydrogen-bond acceptors (Lipinski definition) is 7. The van der Waals surface area contributed by atoms with Crippen LogP contribution in [0.1, 0.15) is 6.42 Å². The molecule has 1 amide bonds. The van der Waals surface area contributed by atoms with Gasteiger partial charge in [0, 0.05) is 17.0 Å². The number of carbonyl (C=O) groups is 1. The fourth-order valence-corrected chi connectivity index (χ4v) is 5.34. The summed E-state index contributed by atoms with van der Waals surface area (Å²) in [5.74, 6) is -0.549. The minimum absolute atomic E-state index is 0. The summed E-state index contributed by atoms with van der Waals surface area (Å²) < 4.78 is 33.9. The van der Waals surface area contributed by atoms with Gasteiger partial charge in [-0.25, -0.2) is 8.42 Å². The molecule has 1 aromatic heterocycles. The van der Waals surface area contributed by atoms with Crippen LogP contribution in [0.4, 0.5) is 11.4 Å². The zero-order valence-corrected chi connectivity index (χ0v) is 24.2. The van der Waals surface area contributed by atoms with Gasteiger partial charge in [-0.1, -0.05) is 29.8 Å². The van der Waals surface area contributed by atoms with Crippen LogP contribution in [0, 0.1) is 0 Å². The van der Waals surface area contributed by atoms with Crippen LogP contribution in [-0.4, -0.2) is 63.1 Å². The smallest absolute Gasteiger partial charge is 0.285 e. The van der Waals surface area contributed by atoms with Crippen molar-refractivity contribution in [3.05, 3.63) is 77.8 Å². The molecule has 4 aromatic rings. The molecule has 0 radical (unpaired) electrons. The summed E-state index contributed by atoms with van der Waals surface area (Å²) in [6.07, 6.45) is 0.824. The number of nitrogens with one attached hydrogen (secondary N) is 1. The van der Waals surface area contributed by atoms with Gasteiger partial charge in [-0.05, 0) is 75.1 Å². The molecule has 0 atom stereocenters. The molecule has 0 spiro atoms. The number of benzene rings is 3. The number of aromatic hydroxyl groups is 1. The zero-order valence-electron chi connectivity index (χ0n) is 21.8. The van der Waals surface area contributed by atoms with E-state index >= 15 is 0 Å². The van der Waals surface area contributed by atoms with Gasteiger partial charge in [0.2, 0.25) is 5.88 Å². The van der Waals surface area contributed by atoms with Crippen LogP contribution < -0.4 is 9.04 Å². The number of aromatic nitrogens is 1. The molecule has 1 heterocycles. The topological polar surface area (TPSA) is 128 Å². The number of sulfonamides is 1. The lowest BCUT2D eigenvalue weighted by Crippen LogP contribution is -2.35. The average Bonchev–Trinajstić information content (AvgIpc) is 3.24. The van der Waals surface area contributed by atoms with Crippen LogP contribution in [0.3, 0.4) is 0 Å². The maximum Gasteiger partial charge on any atom is 0.285 e. The van der Waals surface area contributed by atoms with Crippen LogP contribution in [0.25, 0.3) is 10.9 Å². The third kappa shape index (κ3) is 7.51. The summed E-state index contributed by atoms with van der Waals surface area (Å²) in [5.41, 5.74) is 0.926. The van der Waals surface area contributed by atoms with E-state index in [-0.39, 0.29) is 34.6 Å². The first-order valence-corrected chi connectivity index (χ1v) is 13.9. The molecule has 0 bridgehead atoms. The molecule has 4 rings (SSSR count). The van der Waals surface area contributed by atoms with Gasteiger partial charge in [0.05, 0.1) is 22.7 Å². The summed E-state index contributed by atoms with van der Waals surface area (Å²) in [7, 11) is -0.227. The van der Waals surface area contributed by atoms with Crippen LogP contribution >= 0.6 is 24.0 Å². The van der Waals surface area contributed by atoms with Crippen molar-refractivity contribution in [2.24, 2.45) is 10.2 Å². The number of carbonyl (C=O) groups excluding carboxylic acids is 1. The number of azo groups is 1. The number of fused-ring (bicyclic) bond motifs is 1.